The summed E-state index contributed by atoms with van der Waals surface area (Å²) in [5, 5.41) is 3.01. The summed E-state index contributed by atoms with van der Waals surface area (Å²) >= 11 is 1.63. The molecule has 2 rings (SSSR count). The van der Waals surface area contributed by atoms with Crippen molar-refractivity contribution in [3.63, 3.8) is 0 Å². The Balaban J connectivity index is 1.66. The highest BCUT2D eigenvalue weighted by Crippen LogP contribution is 2.24. The van der Waals surface area contributed by atoms with Crippen molar-refractivity contribution >= 4 is 17.4 Å². The number of hydrogen-bond donors (Lipinski definition) is 0. The minimum Gasteiger partial charge on any atom is -0.444 e. The largest absolute Gasteiger partial charge is 0.444 e. The van der Waals surface area contributed by atoms with Crippen molar-refractivity contribution in [1.82, 2.24) is 9.88 Å². The highest BCUT2D eigenvalue weighted by molar-refractivity contribution is 7.09. The highest BCUT2D eigenvalue weighted by atomic mass is 32.1. The molecule has 0 radical (unpaired) electrons. The van der Waals surface area contributed by atoms with Crippen LogP contribution in [0, 0.1) is 5.92 Å². The third-order valence-corrected chi connectivity index (χ3v) is 5.03. The van der Waals surface area contributed by atoms with Crippen LogP contribution in [-0.2, 0) is 9.47 Å². The van der Waals surface area contributed by atoms with Crippen molar-refractivity contribution in [1.29, 1.82) is 0 Å². The second-order valence-corrected chi connectivity index (χ2v) is 8.39. The molecule has 0 spiro atoms. The van der Waals surface area contributed by atoms with Gasteiger partial charge in [0.25, 0.3) is 0 Å². The van der Waals surface area contributed by atoms with E-state index in [9.17, 15) is 4.79 Å². The monoisotopic (exact) mass is 354 g/mol. The Labute approximate surface area is 149 Å². The van der Waals surface area contributed by atoms with E-state index in [4.69, 9.17) is 9.47 Å². The standard InChI is InChI=1S/C18H30N2O3S/c1-14(16-19-9-12-24-16)22-11-6-8-15-7-5-10-20(13-15)17(21)23-18(2,3)4/h9,12,14-15H,5-8,10-11,13H2,1-4H3/t14-,15-/m0/s1. The van der Waals surface area contributed by atoms with Crippen LogP contribution in [0.15, 0.2) is 11.6 Å². The first-order valence-electron chi connectivity index (χ1n) is 8.84. The van der Waals surface area contributed by atoms with Crippen LogP contribution >= 0.6 is 11.3 Å². The van der Waals surface area contributed by atoms with E-state index in [-0.39, 0.29) is 12.2 Å². The van der Waals surface area contributed by atoms with Crippen LogP contribution in [0.25, 0.3) is 0 Å². The average Bonchev–Trinajstić information content (AvgIpc) is 3.04. The second kappa shape index (κ2) is 8.81. The van der Waals surface area contributed by atoms with Crippen LogP contribution in [0.3, 0.4) is 0 Å². The predicted octanol–water partition coefficient (Wildman–Crippen LogP) is 4.65. The molecule has 5 nitrogen and oxygen atoms in total. The van der Waals surface area contributed by atoms with Gasteiger partial charge in [-0.1, -0.05) is 0 Å². The molecule has 0 aliphatic carbocycles. The summed E-state index contributed by atoms with van der Waals surface area (Å²) < 4.78 is 11.3. The zero-order valence-electron chi connectivity index (χ0n) is 15.3. The van der Waals surface area contributed by atoms with Crippen LogP contribution in [0.5, 0.6) is 0 Å². The summed E-state index contributed by atoms with van der Waals surface area (Å²) in [6, 6.07) is 0. The lowest BCUT2D eigenvalue weighted by Crippen LogP contribution is -2.42. The van der Waals surface area contributed by atoms with Crippen molar-refractivity contribution in [2.45, 2.75) is 65.1 Å². The molecule has 1 aliphatic heterocycles. The Bertz CT molecular complexity index is 499. The number of hydrogen-bond acceptors (Lipinski definition) is 5. The van der Waals surface area contributed by atoms with Crippen molar-refractivity contribution in [2.24, 2.45) is 5.92 Å². The van der Waals surface area contributed by atoms with Gasteiger partial charge in [0.15, 0.2) is 0 Å². The van der Waals surface area contributed by atoms with Crippen LogP contribution in [0.4, 0.5) is 4.79 Å². The lowest BCUT2D eigenvalue weighted by Gasteiger charge is -2.34. The van der Waals surface area contributed by atoms with Crippen molar-refractivity contribution in [3.8, 4) is 0 Å². The SMILES string of the molecule is C[C@H](OCCC[C@@H]1CCCN(C(=O)OC(C)(C)C)C1)c1nccs1. The predicted molar refractivity (Wildman–Crippen MR) is 96.2 cm³/mol. The van der Waals surface area contributed by atoms with Crippen molar-refractivity contribution < 1.29 is 14.3 Å². The third-order valence-electron chi connectivity index (χ3n) is 4.09. The Morgan fingerprint density at radius 2 is 2.29 bits per heavy atom. The first-order chi connectivity index (χ1) is 11.3. The smallest absolute Gasteiger partial charge is 0.410 e. The molecule has 1 fully saturated rings. The van der Waals surface area contributed by atoms with Crippen LogP contribution in [0.1, 0.15) is 64.5 Å². The van der Waals surface area contributed by atoms with Gasteiger partial charge in [-0.05, 0) is 59.3 Å². The lowest BCUT2D eigenvalue weighted by atomic mass is 9.94. The first kappa shape index (κ1) is 19.2. The number of nitrogens with zero attached hydrogens (tertiary/aromatic N) is 2. The molecule has 1 saturated heterocycles. The maximum Gasteiger partial charge on any atom is 0.410 e. The minimum atomic E-state index is -0.427. The number of aromatic nitrogens is 1. The van der Waals surface area contributed by atoms with Gasteiger partial charge in [0.2, 0.25) is 0 Å². The molecule has 0 bridgehead atoms. The van der Waals surface area contributed by atoms with Crippen molar-refractivity contribution in [2.75, 3.05) is 19.7 Å². The van der Waals surface area contributed by atoms with Gasteiger partial charge in [-0.2, -0.15) is 0 Å². The molecule has 1 amide bonds. The molecule has 1 aromatic heterocycles. The van der Waals surface area contributed by atoms with Crippen LogP contribution in [-0.4, -0.2) is 41.3 Å². The summed E-state index contributed by atoms with van der Waals surface area (Å²) in [5.41, 5.74) is -0.427. The van der Waals surface area contributed by atoms with Crippen LogP contribution in [0.2, 0.25) is 0 Å². The normalized spacial score (nSPS) is 20.0. The van der Waals surface area contributed by atoms with E-state index in [1.807, 2.05) is 44.2 Å². The number of amides is 1. The van der Waals surface area contributed by atoms with Gasteiger partial charge in [0.05, 0.1) is 0 Å². The number of carbonyl (C=O) groups is 1. The maximum atomic E-state index is 12.2. The number of ether oxygens (including phenoxy) is 2. The van der Waals surface area contributed by atoms with Gasteiger partial charge in [0.1, 0.15) is 16.7 Å². The number of thiazole rings is 1. The first-order valence-corrected chi connectivity index (χ1v) is 9.72. The zero-order valence-corrected chi connectivity index (χ0v) is 16.1. The summed E-state index contributed by atoms with van der Waals surface area (Å²) in [4.78, 5) is 18.3. The van der Waals surface area contributed by atoms with Gasteiger partial charge in [0, 0.05) is 31.3 Å². The van der Waals surface area contributed by atoms with E-state index in [1.54, 1.807) is 11.3 Å². The number of likely N-dealkylation sites (tertiary alicyclic amines) is 1. The average molecular weight is 355 g/mol. The summed E-state index contributed by atoms with van der Waals surface area (Å²) in [6.45, 7) is 10.1. The van der Waals surface area contributed by atoms with Gasteiger partial charge in [-0.15, -0.1) is 11.3 Å². The van der Waals surface area contributed by atoms with Gasteiger partial charge < -0.3 is 14.4 Å². The van der Waals surface area contributed by atoms with Crippen molar-refractivity contribution in [3.05, 3.63) is 16.6 Å². The molecule has 136 valence electrons. The molecule has 0 saturated carbocycles. The molecule has 0 N–H and O–H groups in total. The van der Waals surface area contributed by atoms with E-state index in [1.165, 1.54) is 6.42 Å². The van der Waals surface area contributed by atoms with Gasteiger partial charge in [-0.25, -0.2) is 9.78 Å². The molecule has 6 heteroatoms. The fourth-order valence-electron chi connectivity index (χ4n) is 2.93. The van der Waals surface area contributed by atoms with Crippen LogP contribution < -0.4 is 0 Å². The van der Waals surface area contributed by atoms with E-state index < -0.39 is 5.60 Å². The quantitative estimate of drug-likeness (QED) is 0.698. The highest BCUT2D eigenvalue weighted by Gasteiger charge is 2.27. The molecule has 1 aromatic rings. The summed E-state index contributed by atoms with van der Waals surface area (Å²) in [6.07, 6.45) is 6.04. The molecule has 0 aromatic carbocycles. The van der Waals surface area contributed by atoms with E-state index in [0.717, 1.165) is 44.0 Å². The second-order valence-electron chi connectivity index (χ2n) is 7.46. The number of carbonyl (C=O) groups excluding carboxylic acids is 1. The Kier molecular flexibility index (Phi) is 7.04. The Morgan fingerprint density at radius 1 is 1.50 bits per heavy atom. The minimum absolute atomic E-state index is 0.0645. The molecular weight excluding hydrogens is 324 g/mol. The lowest BCUT2D eigenvalue weighted by molar-refractivity contribution is 0.0148. The molecule has 1 aliphatic rings. The fraction of sp³-hybridized carbons (Fsp3) is 0.778. The van der Waals surface area contributed by atoms with E-state index in [0.29, 0.717) is 5.92 Å². The Morgan fingerprint density at radius 3 is 2.96 bits per heavy atom. The van der Waals surface area contributed by atoms with Gasteiger partial charge >= 0.3 is 6.09 Å². The third kappa shape index (κ3) is 6.40. The molecule has 2 heterocycles. The molecule has 2 atom stereocenters. The molecule has 24 heavy (non-hydrogen) atoms. The topological polar surface area (TPSA) is 51.7 Å². The fourth-order valence-corrected chi connectivity index (χ4v) is 3.57. The summed E-state index contributed by atoms with van der Waals surface area (Å²) in [7, 11) is 0. The summed E-state index contributed by atoms with van der Waals surface area (Å²) in [5.74, 6) is 0.546. The van der Waals surface area contributed by atoms with E-state index in [2.05, 4.69) is 4.98 Å². The van der Waals surface area contributed by atoms with E-state index >= 15 is 0 Å². The Hall–Kier alpha value is -1.14. The molecule has 0 unspecified atom stereocenters. The zero-order chi connectivity index (χ0) is 17.6. The maximum absolute atomic E-state index is 12.2. The molecular formula is C18H30N2O3S. The number of piperidine rings is 1. The van der Waals surface area contributed by atoms with Gasteiger partial charge in [-0.3, -0.25) is 0 Å². The number of rotatable bonds is 6.